The van der Waals surface area contributed by atoms with Crippen molar-refractivity contribution in [3.8, 4) is 0 Å². The van der Waals surface area contributed by atoms with Gasteiger partial charge in [-0.3, -0.25) is 14.9 Å². The first kappa shape index (κ1) is 15.7. The number of nitro groups is 1. The summed E-state index contributed by atoms with van der Waals surface area (Å²) in [5.74, 6) is 0.297. The molecule has 0 radical (unpaired) electrons. The summed E-state index contributed by atoms with van der Waals surface area (Å²) in [6, 6.07) is 6.82. The monoisotopic (exact) mass is 318 g/mol. The average molecular weight is 318 g/mol. The Bertz CT molecular complexity index is 599. The van der Waals surface area contributed by atoms with Crippen LogP contribution in [0.5, 0.6) is 0 Å². The maximum atomic E-state index is 12.5. The fourth-order valence-electron chi connectivity index (χ4n) is 3.49. The van der Waals surface area contributed by atoms with Crippen molar-refractivity contribution in [1.82, 2.24) is 4.90 Å². The van der Waals surface area contributed by atoms with E-state index in [1.807, 2.05) is 11.0 Å². The van der Waals surface area contributed by atoms with E-state index in [2.05, 4.69) is 4.90 Å². The molecule has 2 atom stereocenters. The van der Waals surface area contributed by atoms with Crippen LogP contribution in [0.4, 0.5) is 11.4 Å². The number of benzene rings is 1. The fraction of sp³-hybridized carbons (Fsp3) is 0.562. The van der Waals surface area contributed by atoms with Gasteiger partial charge in [0, 0.05) is 56.0 Å². The molecule has 2 unspecified atom stereocenters. The third-order valence-electron chi connectivity index (χ3n) is 4.82. The Kier molecular flexibility index (Phi) is 4.47. The summed E-state index contributed by atoms with van der Waals surface area (Å²) in [5, 5.41) is 10.9. The topological polar surface area (TPSA) is 92.7 Å². The van der Waals surface area contributed by atoms with E-state index in [-0.39, 0.29) is 28.5 Å². The van der Waals surface area contributed by atoms with E-state index in [1.165, 1.54) is 6.07 Å². The van der Waals surface area contributed by atoms with Gasteiger partial charge in [0.2, 0.25) is 5.91 Å². The third kappa shape index (κ3) is 3.44. The molecule has 1 saturated carbocycles. The van der Waals surface area contributed by atoms with Crippen LogP contribution in [-0.4, -0.2) is 48.0 Å². The van der Waals surface area contributed by atoms with Gasteiger partial charge < -0.3 is 15.5 Å². The molecule has 1 saturated heterocycles. The molecule has 124 valence electrons. The summed E-state index contributed by atoms with van der Waals surface area (Å²) in [7, 11) is 0. The molecule has 2 aliphatic rings. The maximum absolute atomic E-state index is 12.5. The first-order chi connectivity index (χ1) is 11.0. The highest BCUT2D eigenvalue weighted by Crippen LogP contribution is 2.27. The standard InChI is InChI=1S/C16H22N4O3/c17-13-5-4-12(10-13)16(21)19-8-6-18(7-9-19)14-2-1-3-15(11-14)20(22)23/h1-3,11-13H,4-10,17H2. The van der Waals surface area contributed by atoms with Crippen molar-refractivity contribution in [2.24, 2.45) is 11.7 Å². The largest absolute Gasteiger partial charge is 0.368 e. The molecule has 0 spiro atoms. The normalized spacial score (nSPS) is 24.7. The molecule has 2 N–H and O–H groups in total. The average Bonchev–Trinajstić information content (AvgIpc) is 3.01. The van der Waals surface area contributed by atoms with Crippen molar-refractivity contribution in [1.29, 1.82) is 0 Å². The molecule has 0 bridgehead atoms. The molecule has 2 fully saturated rings. The lowest BCUT2D eigenvalue weighted by Crippen LogP contribution is -2.50. The Morgan fingerprint density at radius 3 is 2.57 bits per heavy atom. The van der Waals surface area contributed by atoms with Crippen LogP contribution < -0.4 is 10.6 Å². The lowest BCUT2D eigenvalue weighted by Gasteiger charge is -2.37. The molecular weight excluding hydrogens is 296 g/mol. The van der Waals surface area contributed by atoms with Crippen molar-refractivity contribution in [3.63, 3.8) is 0 Å². The van der Waals surface area contributed by atoms with Gasteiger partial charge in [-0.25, -0.2) is 0 Å². The maximum Gasteiger partial charge on any atom is 0.271 e. The quantitative estimate of drug-likeness (QED) is 0.671. The van der Waals surface area contributed by atoms with Gasteiger partial charge in [-0.1, -0.05) is 6.07 Å². The molecule has 1 aliphatic heterocycles. The number of non-ortho nitro benzene ring substituents is 1. The summed E-state index contributed by atoms with van der Waals surface area (Å²) >= 11 is 0. The van der Waals surface area contributed by atoms with E-state index >= 15 is 0 Å². The van der Waals surface area contributed by atoms with Gasteiger partial charge in [0.15, 0.2) is 0 Å². The Morgan fingerprint density at radius 1 is 1.22 bits per heavy atom. The molecule has 1 aromatic carbocycles. The highest BCUT2D eigenvalue weighted by molar-refractivity contribution is 5.79. The number of carbonyl (C=O) groups excluding carboxylic acids is 1. The number of nitro benzene ring substituents is 1. The first-order valence-electron chi connectivity index (χ1n) is 8.08. The molecule has 1 aliphatic carbocycles. The second-order valence-electron chi connectivity index (χ2n) is 6.36. The second-order valence-corrected chi connectivity index (χ2v) is 6.36. The van der Waals surface area contributed by atoms with Crippen LogP contribution in [0.2, 0.25) is 0 Å². The number of nitrogens with zero attached hydrogens (tertiary/aromatic N) is 3. The van der Waals surface area contributed by atoms with Crippen molar-refractivity contribution < 1.29 is 9.72 Å². The summed E-state index contributed by atoms with van der Waals surface area (Å²) in [6.07, 6.45) is 2.62. The fourth-order valence-corrected chi connectivity index (χ4v) is 3.49. The minimum absolute atomic E-state index is 0.0781. The lowest BCUT2D eigenvalue weighted by atomic mass is 10.1. The van der Waals surface area contributed by atoms with Gasteiger partial charge in [0.25, 0.3) is 5.69 Å². The zero-order chi connectivity index (χ0) is 16.4. The van der Waals surface area contributed by atoms with Gasteiger partial charge in [0.1, 0.15) is 0 Å². The van der Waals surface area contributed by atoms with Crippen LogP contribution in [0.3, 0.4) is 0 Å². The van der Waals surface area contributed by atoms with Gasteiger partial charge in [-0.05, 0) is 25.3 Å². The predicted octanol–water partition coefficient (Wildman–Crippen LogP) is 1.37. The Hall–Kier alpha value is -2.15. The Balaban J connectivity index is 1.59. The smallest absolute Gasteiger partial charge is 0.271 e. The van der Waals surface area contributed by atoms with Gasteiger partial charge in [-0.2, -0.15) is 0 Å². The van der Waals surface area contributed by atoms with Crippen molar-refractivity contribution in [2.45, 2.75) is 25.3 Å². The lowest BCUT2D eigenvalue weighted by molar-refractivity contribution is -0.384. The number of carbonyl (C=O) groups is 1. The Labute approximate surface area is 135 Å². The van der Waals surface area contributed by atoms with Crippen LogP contribution in [0.1, 0.15) is 19.3 Å². The van der Waals surface area contributed by atoms with Crippen LogP contribution in [0.25, 0.3) is 0 Å². The number of hydrogen-bond acceptors (Lipinski definition) is 5. The van der Waals surface area contributed by atoms with E-state index in [0.29, 0.717) is 26.2 Å². The summed E-state index contributed by atoms with van der Waals surface area (Å²) in [4.78, 5) is 27.0. The number of hydrogen-bond donors (Lipinski definition) is 1. The number of piperazine rings is 1. The summed E-state index contributed by atoms with van der Waals surface area (Å²) < 4.78 is 0. The molecule has 1 amide bonds. The van der Waals surface area contributed by atoms with Gasteiger partial charge in [-0.15, -0.1) is 0 Å². The first-order valence-corrected chi connectivity index (χ1v) is 8.08. The van der Waals surface area contributed by atoms with Crippen LogP contribution in [-0.2, 0) is 4.79 Å². The van der Waals surface area contributed by atoms with E-state index in [9.17, 15) is 14.9 Å². The van der Waals surface area contributed by atoms with Gasteiger partial charge >= 0.3 is 0 Å². The molecular formula is C16H22N4O3. The highest BCUT2D eigenvalue weighted by atomic mass is 16.6. The number of anilines is 1. The molecule has 0 aromatic heterocycles. The Morgan fingerprint density at radius 2 is 1.96 bits per heavy atom. The number of amides is 1. The van der Waals surface area contributed by atoms with Crippen molar-refractivity contribution >= 4 is 17.3 Å². The van der Waals surface area contributed by atoms with E-state index in [0.717, 1.165) is 24.9 Å². The highest BCUT2D eigenvalue weighted by Gasteiger charge is 2.32. The minimum atomic E-state index is -0.382. The van der Waals surface area contributed by atoms with Crippen molar-refractivity contribution in [3.05, 3.63) is 34.4 Å². The zero-order valence-electron chi connectivity index (χ0n) is 13.1. The molecule has 23 heavy (non-hydrogen) atoms. The van der Waals surface area contributed by atoms with Crippen molar-refractivity contribution in [2.75, 3.05) is 31.1 Å². The van der Waals surface area contributed by atoms with Crippen LogP contribution >= 0.6 is 0 Å². The molecule has 3 rings (SSSR count). The van der Waals surface area contributed by atoms with E-state index < -0.39 is 0 Å². The van der Waals surface area contributed by atoms with Crippen LogP contribution in [0.15, 0.2) is 24.3 Å². The molecule has 7 heteroatoms. The summed E-state index contributed by atoms with van der Waals surface area (Å²) in [6.45, 7) is 2.72. The third-order valence-corrected chi connectivity index (χ3v) is 4.82. The number of rotatable bonds is 3. The molecule has 7 nitrogen and oxygen atoms in total. The number of nitrogens with two attached hydrogens (primary N) is 1. The van der Waals surface area contributed by atoms with E-state index in [4.69, 9.17) is 5.73 Å². The molecule has 1 heterocycles. The second kappa shape index (κ2) is 6.54. The zero-order valence-corrected chi connectivity index (χ0v) is 13.1. The predicted molar refractivity (Wildman–Crippen MR) is 87.2 cm³/mol. The summed E-state index contributed by atoms with van der Waals surface area (Å²) in [5.41, 5.74) is 6.84. The minimum Gasteiger partial charge on any atom is -0.368 e. The van der Waals surface area contributed by atoms with Gasteiger partial charge in [0.05, 0.1) is 4.92 Å². The SMILES string of the molecule is NC1CCC(C(=O)N2CCN(c3cccc([N+](=O)[O-])c3)CC2)C1. The van der Waals surface area contributed by atoms with E-state index in [1.54, 1.807) is 12.1 Å². The van der Waals surface area contributed by atoms with Crippen LogP contribution in [0, 0.1) is 16.0 Å². The molecule has 1 aromatic rings.